The van der Waals surface area contributed by atoms with Crippen molar-refractivity contribution < 1.29 is 9.13 Å². The van der Waals surface area contributed by atoms with Crippen molar-refractivity contribution in [3.8, 4) is 0 Å². The van der Waals surface area contributed by atoms with Crippen molar-refractivity contribution in [3.05, 3.63) is 22.4 Å². The second-order valence-corrected chi connectivity index (χ2v) is 6.07. The van der Waals surface area contributed by atoms with Crippen molar-refractivity contribution in [1.82, 2.24) is 9.55 Å². The van der Waals surface area contributed by atoms with E-state index in [4.69, 9.17) is 10.5 Å². The Morgan fingerprint density at radius 2 is 2.37 bits per heavy atom. The molecule has 0 radical (unpaired) electrons. The van der Waals surface area contributed by atoms with Gasteiger partial charge in [0.15, 0.2) is 0 Å². The van der Waals surface area contributed by atoms with Gasteiger partial charge in [0.25, 0.3) is 0 Å². The predicted octanol–water partition coefficient (Wildman–Crippen LogP) is 3.09. The van der Waals surface area contributed by atoms with Gasteiger partial charge in [0.05, 0.1) is 27.7 Å². The number of rotatable bonds is 2. The standard InChI is InChI=1S/C13H15BrFN3O/c1-13(3-2-4-19-13)7-18-11-5-8(14)9(15)6-10(11)17-12(18)16/h5-6H,2-4,7H2,1H3,(H2,16,17). The molecule has 2 N–H and O–H groups in total. The Labute approximate surface area is 118 Å². The zero-order valence-electron chi connectivity index (χ0n) is 10.6. The molecule has 1 unspecified atom stereocenters. The van der Waals surface area contributed by atoms with Crippen LogP contribution in [0.2, 0.25) is 0 Å². The number of nitrogen functional groups attached to an aromatic ring is 1. The molecule has 1 aromatic heterocycles. The fourth-order valence-electron chi connectivity index (χ4n) is 2.60. The number of anilines is 1. The number of halogens is 2. The quantitative estimate of drug-likeness (QED) is 0.922. The largest absolute Gasteiger partial charge is 0.373 e. The predicted molar refractivity (Wildman–Crippen MR) is 75.4 cm³/mol. The van der Waals surface area contributed by atoms with Gasteiger partial charge in [-0.1, -0.05) is 0 Å². The number of ether oxygens (including phenoxy) is 1. The van der Waals surface area contributed by atoms with Crippen molar-refractivity contribution in [2.45, 2.75) is 31.9 Å². The number of aromatic nitrogens is 2. The molecular formula is C13H15BrFN3O. The van der Waals surface area contributed by atoms with Crippen molar-refractivity contribution in [3.63, 3.8) is 0 Å². The maximum Gasteiger partial charge on any atom is 0.201 e. The molecule has 0 bridgehead atoms. The summed E-state index contributed by atoms with van der Waals surface area (Å²) in [6.07, 6.45) is 2.05. The topological polar surface area (TPSA) is 53.1 Å². The van der Waals surface area contributed by atoms with E-state index in [1.807, 2.05) is 4.57 Å². The minimum absolute atomic E-state index is 0.220. The minimum Gasteiger partial charge on any atom is -0.373 e. The molecule has 1 saturated heterocycles. The van der Waals surface area contributed by atoms with Gasteiger partial charge in [0.1, 0.15) is 5.82 Å². The molecule has 0 aliphatic carbocycles. The molecule has 2 heterocycles. The van der Waals surface area contributed by atoms with Crippen LogP contribution in [0.5, 0.6) is 0 Å². The van der Waals surface area contributed by atoms with Crippen LogP contribution in [0.4, 0.5) is 10.3 Å². The third-order valence-corrected chi connectivity index (χ3v) is 4.22. The van der Waals surface area contributed by atoms with Crippen molar-refractivity contribution in [1.29, 1.82) is 0 Å². The summed E-state index contributed by atoms with van der Waals surface area (Å²) >= 11 is 3.20. The lowest BCUT2D eigenvalue weighted by Gasteiger charge is -2.24. The summed E-state index contributed by atoms with van der Waals surface area (Å²) in [6, 6.07) is 3.11. The number of hydrogen-bond donors (Lipinski definition) is 1. The molecule has 1 fully saturated rings. The van der Waals surface area contributed by atoms with Gasteiger partial charge in [-0.3, -0.25) is 0 Å². The summed E-state index contributed by atoms with van der Waals surface area (Å²) in [5.41, 5.74) is 7.12. The van der Waals surface area contributed by atoms with Crippen LogP contribution in [-0.2, 0) is 11.3 Å². The smallest absolute Gasteiger partial charge is 0.201 e. The maximum atomic E-state index is 13.5. The van der Waals surface area contributed by atoms with Crippen LogP contribution in [0.15, 0.2) is 16.6 Å². The summed E-state index contributed by atoms with van der Waals surface area (Å²) in [4.78, 5) is 4.21. The fraction of sp³-hybridized carbons (Fsp3) is 0.462. The highest BCUT2D eigenvalue weighted by Crippen LogP contribution is 2.31. The third-order valence-electron chi connectivity index (χ3n) is 3.61. The van der Waals surface area contributed by atoms with E-state index in [-0.39, 0.29) is 11.4 Å². The lowest BCUT2D eigenvalue weighted by Crippen LogP contribution is -2.30. The highest BCUT2D eigenvalue weighted by atomic mass is 79.9. The van der Waals surface area contributed by atoms with Crippen molar-refractivity contribution in [2.75, 3.05) is 12.3 Å². The lowest BCUT2D eigenvalue weighted by atomic mass is 10.0. The van der Waals surface area contributed by atoms with E-state index in [1.165, 1.54) is 6.07 Å². The molecule has 1 aromatic carbocycles. The maximum absolute atomic E-state index is 13.5. The first kappa shape index (κ1) is 12.9. The summed E-state index contributed by atoms with van der Waals surface area (Å²) in [7, 11) is 0. The van der Waals surface area contributed by atoms with Gasteiger partial charge in [0, 0.05) is 12.7 Å². The van der Waals surface area contributed by atoms with Crippen molar-refractivity contribution >= 4 is 32.9 Å². The van der Waals surface area contributed by atoms with Gasteiger partial charge < -0.3 is 15.0 Å². The Bertz CT molecular complexity index is 634. The minimum atomic E-state index is -0.333. The van der Waals surface area contributed by atoms with Gasteiger partial charge in [-0.05, 0) is 41.8 Å². The van der Waals surface area contributed by atoms with Gasteiger partial charge in [-0.2, -0.15) is 0 Å². The number of imidazole rings is 1. The number of benzene rings is 1. The Morgan fingerprint density at radius 1 is 1.58 bits per heavy atom. The van der Waals surface area contributed by atoms with Crippen LogP contribution in [0, 0.1) is 5.82 Å². The molecule has 1 atom stereocenters. The van der Waals surface area contributed by atoms with Crippen LogP contribution >= 0.6 is 15.9 Å². The lowest BCUT2D eigenvalue weighted by molar-refractivity contribution is 0.00750. The van der Waals surface area contributed by atoms with Crippen LogP contribution in [0.25, 0.3) is 11.0 Å². The molecule has 4 nitrogen and oxygen atoms in total. The molecule has 1 aliphatic heterocycles. The third kappa shape index (κ3) is 2.23. The summed E-state index contributed by atoms with van der Waals surface area (Å²) < 4.78 is 21.6. The van der Waals surface area contributed by atoms with Crippen LogP contribution in [0.3, 0.4) is 0 Å². The summed E-state index contributed by atoms with van der Waals surface area (Å²) in [6.45, 7) is 3.48. The van der Waals surface area contributed by atoms with Crippen molar-refractivity contribution in [2.24, 2.45) is 0 Å². The Kier molecular flexibility index (Phi) is 3.02. The van der Waals surface area contributed by atoms with Crippen LogP contribution in [0.1, 0.15) is 19.8 Å². The molecule has 1 aliphatic rings. The number of nitrogens with two attached hydrogens (primary N) is 1. The molecule has 102 valence electrons. The Morgan fingerprint density at radius 3 is 3.05 bits per heavy atom. The van der Waals surface area contributed by atoms with E-state index in [1.54, 1.807) is 6.07 Å². The van der Waals surface area contributed by atoms with Gasteiger partial charge in [-0.15, -0.1) is 0 Å². The van der Waals surface area contributed by atoms with E-state index in [2.05, 4.69) is 27.8 Å². The number of nitrogens with zero attached hydrogens (tertiary/aromatic N) is 2. The Balaban J connectivity index is 2.07. The molecular weight excluding hydrogens is 313 g/mol. The van der Waals surface area contributed by atoms with Gasteiger partial charge >= 0.3 is 0 Å². The van der Waals surface area contributed by atoms with E-state index < -0.39 is 0 Å². The number of hydrogen-bond acceptors (Lipinski definition) is 3. The molecule has 0 spiro atoms. The highest BCUT2D eigenvalue weighted by molar-refractivity contribution is 9.10. The van der Waals surface area contributed by atoms with Gasteiger partial charge in [0.2, 0.25) is 5.95 Å². The molecule has 2 aromatic rings. The molecule has 6 heteroatoms. The van der Waals surface area contributed by atoms with E-state index in [9.17, 15) is 4.39 Å². The van der Waals surface area contributed by atoms with Crippen LogP contribution in [-0.4, -0.2) is 21.8 Å². The van der Waals surface area contributed by atoms with E-state index >= 15 is 0 Å². The summed E-state index contributed by atoms with van der Waals surface area (Å²) in [5.74, 6) is 0.0599. The molecule has 3 rings (SSSR count). The zero-order chi connectivity index (χ0) is 13.6. The molecule has 0 saturated carbocycles. The molecule has 19 heavy (non-hydrogen) atoms. The SMILES string of the molecule is CC1(Cn2c(N)nc3cc(F)c(Br)cc32)CCCO1. The van der Waals surface area contributed by atoms with E-state index in [0.29, 0.717) is 22.5 Å². The fourth-order valence-corrected chi connectivity index (χ4v) is 2.93. The first-order chi connectivity index (χ1) is 8.98. The van der Waals surface area contributed by atoms with Gasteiger partial charge in [-0.25, -0.2) is 9.37 Å². The summed E-state index contributed by atoms with van der Waals surface area (Å²) in [5, 5.41) is 0. The average Bonchev–Trinajstić information content (AvgIpc) is 2.88. The highest BCUT2D eigenvalue weighted by Gasteiger charge is 2.31. The number of fused-ring (bicyclic) bond motifs is 1. The average molecular weight is 328 g/mol. The van der Waals surface area contributed by atoms with Crippen LogP contribution < -0.4 is 5.73 Å². The Hall–Kier alpha value is -1.14. The monoisotopic (exact) mass is 327 g/mol. The first-order valence-electron chi connectivity index (χ1n) is 6.23. The first-order valence-corrected chi connectivity index (χ1v) is 7.02. The van der Waals surface area contributed by atoms with E-state index in [0.717, 1.165) is 25.0 Å². The second-order valence-electron chi connectivity index (χ2n) is 5.21. The second kappa shape index (κ2) is 4.45. The zero-order valence-corrected chi connectivity index (χ0v) is 12.2. The normalized spacial score (nSPS) is 23.3. The molecule has 0 amide bonds.